The summed E-state index contributed by atoms with van der Waals surface area (Å²) in [5, 5.41) is 12.2. The maximum atomic E-state index is 13.4. The SMILES string of the molecule is CC(=O)N1CCC(c2[nH]n(-c3nc4ccc(Cl)cc4[nH]3)c(=O)c2CCn2nccn2)CC1. The largest absolute Gasteiger partial charge is 0.343 e. The number of nitrogens with zero attached hydrogens (tertiary/aromatic N) is 6. The highest BCUT2D eigenvalue weighted by atomic mass is 35.5. The number of imidazole rings is 1. The van der Waals surface area contributed by atoms with E-state index in [1.165, 1.54) is 4.68 Å². The van der Waals surface area contributed by atoms with Gasteiger partial charge in [-0.25, -0.2) is 4.98 Å². The van der Waals surface area contributed by atoms with Crippen molar-refractivity contribution in [1.29, 1.82) is 0 Å². The van der Waals surface area contributed by atoms with Gasteiger partial charge in [0.25, 0.3) is 5.56 Å². The average Bonchev–Trinajstić information content (AvgIpc) is 3.51. The van der Waals surface area contributed by atoms with Crippen LogP contribution in [0.15, 0.2) is 35.4 Å². The highest BCUT2D eigenvalue weighted by molar-refractivity contribution is 6.31. The van der Waals surface area contributed by atoms with Crippen LogP contribution in [0.25, 0.3) is 17.0 Å². The van der Waals surface area contributed by atoms with Gasteiger partial charge in [-0.15, -0.1) is 0 Å². The molecule has 3 aromatic heterocycles. The van der Waals surface area contributed by atoms with Crippen LogP contribution in [0.5, 0.6) is 0 Å². The molecule has 166 valence electrons. The first kappa shape index (κ1) is 20.5. The molecule has 2 N–H and O–H groups in total. The van der Waals surface area contributed by atoms with Gasteiger partial charge in [-0.1, -0.05) is 11.6 Å². The number of piperidine rings is 1. The molecule has 1 aliphatic heterocycles. The number of likely N-dealkylation sites (tertiary alicyclic amines) is 1. The highest BCUT2D eigenvalue weighted by Gasteiger charge is 2.28. The molecule has 0 unspecified atom stereocenters. The minimum Gasteiger partial charge on any atom is -0.343 e. The van der Waals surface area contributed by atoms with E-state index in [0.29, 0.717) is 42.6 Å². The van der Waals surface area contributed by atoms with Crippen molar-refractivity contribution in [2.24, 2.45) is 0 Å². The van der Waals surface area contributed by atoms with Crippen LogP contribution in [0.4, 0.5) is 0 Å². The normalized spacial score (nSPS) is 15.0. The van der Waals surface area contributed by atoms with E-state index < -0.39 is 0 Å². The number of nitrogens with one attached hydrogen (secondary N) is 2. The fourth-order valence-corrected chi connectivity index (χ4v) is 4.52. The molecule has 0 saturated carbocycles. The maximum Gasteiger partial charge on any atom is 0.277 e. The third kappa shape index (κ3) is 3.81. The van der Waals surface area contributed by atoms with Crippen LogP contribution < -0.4 is 5.56 Å². The minimum absolute atomic E-state index is 0.0837. The van der Waals surface area contributed by atoms with E-state index in [1.54, 1.807) is 36.2 Å². The summed E-state index contributed by atoms with van der Waals surface area (Å²) in [6.07, 6.45) is 5.32. The molecule has 32 heavy (non-hydrogen) atoms. The number of rotatable bonds is 5. The zero-order valence-corrected chi connectivity index (χ0v) is 18.3. The zero-order chi connectivity index (χ0) is 22.2. The lowest BCUT2D eigenvalue weighted by atomic mass is 9.90. The first-order valence-electron chi connectivity index (χ1n) is 10.6. The second-order valence-corrected chi connectivity index (χ2v) is 8.46. The average molecular weight is 455 g/mol. The Labute approximate surface area is 188 Å². The van der Waals surface area contributed by atoms with Crippen molar-refractivity contribution in [2.45, 2.75) is 38.6 Å². The van der Waals surface area contributed by atoms with Crippen LogP contribution in [-0.2, 0) is 17.8 Å². The number of hydrogen-bond donors (Lipinski definition) is 2. The molecule has 1 fully saturated rings. The van der Waals surface area contributed by atoms with Gasteiger partial charge in [-0.2, -0.15) is 19.7 Å². The molecule has 5 rings (SSSR count). The van der Waals surface area contributed by atoms with Gasteiger partial charge in [0.15, 0.2) is 0 Å². The number of halogens is 1. The van der Waals surface area contributed by atoms with Crippen LogP contribution in [0.1, 0.15) is 36.9 Å². The lowest BCUT2D eigenvalue weighted by Gasteiger charge is -2.31. The van der Waals surface area contributed by atoms with Gasteiger partial charge in [0.1, 0.15) is 0 Å². The van der Waals surface area contributed by atoms with Gasteiger partial charge < -0.3 is 9.88 Å². The molecule has 0 bridgehead atoms. The first-order chi connectivity index (χ1) is 15.5. The predicted octanol–water partition coefficient (Wildman–Crippen LogP) is 2.26. The Morgan fingerprint density at radius 2 is 1.97 bits per heavy atom. The lowest BCUT2D eigenvalue weighted by molar-refractivity contribution is -0.129. The second-order valence-electron chi connectivity index (χ2n) is 8.02. The number of H-pyrrole nitrogens is 2. The number of aromatic nitrogens is 7. The van der Waals surface area contributed by atoms with Crippen LogP contribution in [0, 0.1) is 0 Å². The molecule has 4 aromatic rings. The Morgan fingerprint density at radius 3 is 2.69 bits per heavy atom. The first-order valence-corrected chi connectivity index (χ1v) is 11.0. The van der Waals surface area contributed by atoms with E-state index in [2.05, 4.69) is 25.3 Å². The van der Waals surface area contributed by atoms with Crippen molar-refractivity contribution in [3.8, 4) is 5.95 Å². The second kappa shape index (κ2) is 8.27. The van der Waals surface area contributed by atoms with Crippen molar-refractivity contribution >= 4 is 28.5 Å². The summed E-state index contributed by atoms with van der Waals surface area (Å²) in [6, 6.07) is 5.36. The Morgan fingerprint density at radius 1 is 1.22 bits per heavy atom. The van der Waals surface area contributed by atoms with Gasteiger partial charge in [0, 0.05) is 48.6 Å². The topological polar surface area (TPSA) is 117 Å². The quantitative estimate of drug-likeness (QED) is 0.479. The number of carbonyl (C=O) groups is 1. The third-order valence-electron chi connectivity index (χ3n) is 6.04. The fourth-order valence-electron chi connectivity index (χ4n) is 4.35. The van der Waals surface area contributed by atoms with Crippen molar-refractivity contribution in [1.82, 2.24) is 39.6 Å². The number of benzene rings is 1. The van der Waals surface area contributed by atoms with Crippen molar-refractivity contribution in [2.75, 3.05) is 13.1 Å². The number of aryl methyl sites for hydroxylation is 1. The van der Waals surface area contributed by atoms with Crippen molar-refractivity contribution in [3.63, 3.8) is 0 Å². The van der Waals surface area contributed by atoms with Crippen LogP contribution in [0.2, 0.25) is 5.02 Å². The van der Waals surface area contributed by atoms with Crippen LogP contribution >= 0.6 is 11.6 Å². The smallest absolute Gasteiger partial charge is 0.277 e. The minimum atomic E-state index is -0.147. The Kier molecular flexibility index (Phi) is 5.30. The summed E-state index contributed by atoms with van der Waals surface area (Å²) >= 11 is 6.09. The Bertz CT molecular complexity index is 1310. The fraction of sp³-hybridized carbons (Fsp3) is 0.381. The van der Waals surface area contributed by atoms with Crippen LogP contribution in [-0.4, -0.2) is 58.6 Å². The molecule has 0 radical (unpaired) electrons. The van der Waals surface area contributed by atoms with E-state index in [4.69, 9.17) is 11.6 Å². The third-order valence-corrected chi connectivity index (χ3v) is 6.27. The molecular weight excluding hydrogens is 432 g/mol. The number of fused-ring (bicyclic) bond motifs is 1. The predicted molar refractivity (Wildman–Crippen MR) is 119 cm³/mol. The summed E-state index contributed by atoms with van der Waals surface area (Å²) in [6.45, 7) is 3.44. The zero-order valence-electron chi connectivity index (χ0n) is 17.6. The molecular formula is C21H23ClN8O2. The van der Waals surface area contributed by atoms with Crippen LogP contribution in [0.3, 0.4) is 0 Å². The monoisotopic (exact) mass is 454 g/mol. The van der Waals surface area contributed by atoms with E-state index in [9.17, 15) is 9.59 Å². The van der Waals surface area contributed by atoms with Gasteiger partial charge in [0.05, 0.1) is 30.0 Å². The molecule has 11 heteroatoms. The Hall–Kier alpha value is -3.40. The molecule has 1 aromatic carbocycles. The molecule has 1 aliphatic rings. The number of carbonyl (C=O) groups excluding carboxylic acids is 1. The van der Waals surface area contributed by atoms with E-state index >= 15 is 0 Å². The number of amides is 1. The van der Waals surface area contributed by atoms with Gasteiger partial charge in [-0.05, 0) is 31.0 Å². The highest BCUT2D eigenvalue weighted by Crippen LogP contribution is 2.29. The molecule has 1 saturated heterocycles. The summed E-state index contributed by atoms with van der Waals surface area (Å²) in [7, 11) is 0. The van der Waals surface area contributed by atoms with E-state index in [0.717, 1.165) is 29.6 Å². The van der Waals surface area contributed by atoms with Crippen molar-refractivity contribution in [3.05, 3.63) is 57.2 Å². The van der Waals surface area contributed by atoms with Gasteiger partial charge in [0.2, 0.25) is 11.9 Å². The maximum absolute atomic E-state index is 13.4. The van der Waals surface area contributed by atoms with Gasteiger partial charge in [-0.3, -0.25) is 14.7 Å². The summed E-state index contributed by atoms with van der Waals surface area (Å²) < 4.78 is 1.46. The molecule has 0 atom stereocenters. The molecule has 4 heterocycles. The summed E-state index contributed by atoms with van der Waals surface area (Å²) in [4.78, 5) is 36.3. The standard InChI is InChI=1S/C21H23ClN8O2/c1-13(31)28-9-4-14(5-10-28)19-16(6-11-29-23-7-8-24-29)20(32)30(27-19)21-25-17-3-2-15(22)12-18(17)26-21/h2-3,7-8,12,14,27H,4-6,9-11H2,1H3,(H,25,26). The summed E-state index contributed by atoms with van der Waals surface area (Å²) in [5.74, 6) is 0.650. The lowest BCUT2D eigenvalue weighted by Crippen LogP contribution is -2.36. The van der Waals surface area contributed by atoms with E-state index in [1.807, 2.05) is 11.0 Å². The van der Waals surface area contributed by atoms with Crippen molar-refractivity contribution < 1.29 is 4.79 Å². The molecule has 0 spiro atoms. The van der Waals surface area contributed by atoms with Gasteiger partial charge >= 0.3 is 0 Å². The number of aromatic amines is 2. The number of hydrogen-bond acceptors (Lipinski definition) is 5. The summed E-state index contributed by atoms with van der Waals surface area (Å²) in [5.41, 5.74) is 2.93. The van der Waals surface area contributed by atoms with E-state index in [-0.39, 0.29) is 17.4 Å². The molecule has 1 amide bonds. The Balaban J connectivity index is 1.51. The molecule has 10 nitrogen and oxygen atoms in total. The molecule has 0 aliphatic carbocycles.